The van der Waals surface area contributed by atoms with Gasteiger partial charge in [-0.2, -0.15) is 0 Å². The van der Waals surface area contributed by atoms with E-state index in [4.69, 9.17) is 15.0 Å². The lowest BCUT2D eigenvalue weighted by atomic mass is 9.93. The van der Waals surface area contributed by atoms with Gasteiger partial charge in [0.1, 0.15) is 0 Å². The summed E-state index contributed by atoms with van der Waals surface area (Å²) < 4.78 is 0. The van der Waals surface area contributed by atoms with Crippen LogP contribution in [0.25, 0.3) is 101 Å². The average molecular weight is 847 g/mol. The van der Waals surface area contributed by atoms with Gasteiger partial charge in [0, 0.05) is 32.7 Å². The summed E-state index contributed by atoms with van der Waals surface area (Å²) in [6.07, 6.45) is 9.70. The van der Waals surface area contributed by atoms with Gasteiger partial charge in [0.25, 0.3) is 0 Å². The summed E-state index contributed by atoms with van der Waals surface area (Å²) >= 11 is 0. The normalized spacial score (nSPS) is 12.7. The van der Waals surface area contributed by atoms with Gasteiger partial charge in [-0.05, 0) is 103 Å². The van der Waals surface area contributed by atoms with E-state index in [-0.39, 0.29) is 0 Å². The molecule has 0 bridgehead atoms. The highest BCUT2D eigenvalue weighted by molar-refractivity contribution is 6.19. The Bertz CT molecular complexity index is 3800. The maximum Gasteiger partial charge on any atom is 0.161 e. The molecule has 1 heterocycles. The van der Waals surface area contributed by atoms with Gasteiger partial charge in [-0.25, -0.2) is 15.0 Å². The van der Waals surface area contributed by atoms with Crippen molar-refractivity contribution in [2.75, 3.05) is 0 Å². The smallest absolute Gasteiger partial charge is 0.161 e. The standard InChI is InChI=1S/C62H46N4/c1-6-18-58-49(9-4)59-52-23-13-10-19-43(52)35-36-56(59)60(65-58)44-31-27-41(28-32-44)42-29-33-45(34-30-42)61(63-5)66-62(57-38-40(7-2)48(8-3)53-24-16-17-26-55(53)57)64-39-47-37-46-20-11-12-21-50(46)54-25-15-14-22-51(47)54/h6-38H,1-3,5,39H2,4H3/b49-9+,58-18+,64-62?,66-61?. The van der Waals surface area contributed by atoms with Crippen LogP contribution in [0.15, 0.2) is 211 Å². The van der Waals surface area contributed by atoms with Crippen LogP contribution >= 0.6 is 0 Å². The number of aromatic nitrogens is 1. The van der Waals surface area contributed by atoms with Crippen molar-refractivity contribution in [2.24, 2.45) is 15.0 Å². The molecule has 0 aliphatic heterocycles. The van der Waals surface area contributed by atoms with Gasteiger partial charge in [0.05, 0.1) is 17.6 Å². The van der Waals surface area contributed by atoms with E-state index in [1.54, 1.807) is 0 Å². The van der Waals surface area contributed by atoms with E-state index in [0.717, 1.165) is 82.3 Å². The van der Waals surface area contributed by atoms with E-state index < -0.39 is 0 Å². The van der Waals surface area contributed by atoms with Crippen LogP contribution in [-0.4, -0.2) is 23.4 Å². The van der Waals surface area contributed by atoms with Crippen molar-refractivity contribution in [3.05, 3.63) is 234 Å². The molecule has 0 spiro atoms. The number of benzene rings is 9. The Morgan fingerprint density at radius 2 is 1.18 bits per heavy atom. The minimum absolute atomic E-state index is 0.404. The zero-order valence-corrected chi connectivity index (χ0v) is 36.9. The molecule has 0 atom stereocenters. The molecule has 0 aliphatic carbocycles. The summed E-state index contributed by atoms with van der Waals surface area (Å²) in [6, 6.07) is 59.6. The topological polar surface area (TPSA) is 50.0 Å². The maximum absolute atomic E-state index is 5.34. The SMILES string of the molecule is C=C/C=c1/nc(-c2ccc(-c3ccc(C(N=C)=NC(=NCc4cc5ccccc5c5ccccc45)c4cc(C=C)c(C=C)c5ccccc45)cc3)cc2)c2ccc3ccccc3c2/c1=C/C. The zero-order chi connectivity index (χ0) is 45.1. The Kier molecular flexibility index (Phi) is 11.2. The lowest BCUT2D eigenvalue weighted by Gasteiger charge is -2.14. The van der Waals surface area contributed by atoms with Crippen LogP contribution in [0, 0.1) is 0 Å². The van der Waals surface area contributed by atoms with Gasteiger partial charge < -0.3 is 0 Å². The molecule has 0 saturated carbocycles. The Labute approximate surface area is 384 Å². The highest BCUT2D eigenvalue weighted by Crippen LogP contribution is 2.34. The van der Waals surface area contributed by atoms with Crippen LogP contribution in [0.5, 0.6) is 0 Å². The molecular formula is C62H46N4. The lowest BCUT2D eigenvalue weighted by Crippen LogP contribution is -2.29. The van der Waals surface area contributed by atoms with Gasteiger partial charge in [0.15, 0.2) is 11.7 Å². The molecule has 4 heteroatoms. The van der Waals surface area contributed by atoms with E-state index in [1.807, 2.05) is 36.4 Å². The number of fused-ring (bicyclic) bond motifs is 7. The van der Waals surface area contributed by atoms with E-state index in [0.29, 0.717) is 18.2 Å². The fourth-order valence-electron chi connectivity index (χ4n) is 9.41. The molecule has 10 rings (SSSR count). The number of hydrogen-bond donors (Lipinski definition) is 0. The molecule has 1 aromatic heterocycles. The van der Waals surface area contributed by atoms with E-state index >= 15 is 0 Å². The molecule has 9 aromatic carbocycles. The van der Waals surface area contributed by atoms with Crippen LogP contribution in [0.2, 0.25) is 0 Å². The monoisotopic (exact) mass is 846 g/mol. The third kappa shape index (κ3) is 7.44. The summed E-state index contributed by atoms with van der Waals surface area (Å²) in [5.41, 5.74) is 8.90. The van der Waals surface area contributed by atoms with Crippen molar-refractivity contribution in [1.82, 2.24) is 4.98 Å². The molecule has 0 amide bonds. The molecule has 0 radical (unpaired) electrons. The number of rotatable bonds is 9. The number of pyridine rings is 1. The third-order valence-electron chi connectivity index (χ3n) is 12.6. The van der Waals surface area contributed by atoms with Crippen LogP contribution in [0.4, 0.5) is 0 Å². The molecule has 66 heavy (non-hydrogen) atoms. The van der Waals surface area contributed by atoms with Gasteiger partial charge in [-0.1, -0.05) is 202 Å². The maximum atomic E-state index is 5.34. The first-order valence-corrected chi connectivity index (χ1v) is 22.1. The number of hydrogen-bond acceptors (Lipinski definition) is 2. The summed E-state index contributed by atoms with van der Waals surface area (Å²) in [5, 5.41) is 13.5. The zero-order valence-electron chi connectivity index (χ0n) is 36.9. The molecular weight excluding hydrogens is 801 g/mol. The lowest BCUT2D eigenvalue weighted by molar-refractivity contribution is 1.08. The van der Waals surface area contributed by atoms with Crippen LogP contribution in [0.1, 0.15) is 34.7 Å². The predicted molar refractivity (Wildman–Crippen MR) is 286 cm³/mol. The van der Waals surface area contributed by atoms with Crippen molar-refractivity contribution < 1.29 is 0 Å². The molecule has 0 N–H and O–H groups in total. The second kappa shape index (κ2) is 17.9. The van der Waals surface area contributed by atoms with Crippen LogP contribution in [-0.2, 0) is 6.54 Å². The quantitative estimate of drug-likeness (QED) is 0.0811. The molecule has 0 saturated heterocycles. The highest BCUT2D eigenvalue weighted by atomic mass is 15.0. The summed E-state index contributed by atoms with van der Waals surface area (Å²) in [7, 11) is 0. The second-order valence-corrected chi connectivity index (χ2v) is 16.2. The molecule has 314 valence electrons. The molecule has 0 fully saturated rings. The van der Waals surface area contributed by atoms with Crippen molar-refractivity contribution in [3.8, 4) is 22.4 Å². The summed E-state index contributed by atoms with van der Waals surface area (Å²) in [5.74, 6) is 1.03. The first-order chi connectivity index (χ1) is 32.5. The van der Waals surface area contributed by atoms with Crippen LogP contribution in [0.3, 0.4) is 0 Å². The fraction of sp³-hybridized carbons (Fsp3) is 0.0323. The van der Waals surface area contributed by atoms with Gasteiger partial charge >= 0.3 is 0 Å². The Balaban J connectivity index is 1.05. The number of amidine groups is 2. The highest BCUT2D eigenvalue weighted by Gasteiger charge is 2.17. The Morgan fingerprint density at radius 3 is 1.86 bits per heavy atom. The molecule has 0 aliphatic rings. The molecule has 10 aromatic rings. The number of nitrogens with zero attached hydrogens (tertiary/aromatic N) is 4. The van der Waals surface area contributed by atoms with Gasteiger partial charge in [-0.15, -0.1) is 0 Å². The largest absolute Gasteiger partial charge is 0.261 e. The van der Waals surface area contributed by atoms with Crippen molar-refractivity contribution in [2.45, 2.75) is 13.5 Å². The van der Waals surface area contributed by atoms with E-state index in [1.165, 1.54) is 32.3 Å². The third-order valence-corrected chi connectivity index (χ3v) is 12.6. The average Bonchev–Trinajstić information content (AvgIpc) is 3.38. The van der Waals surface area contributed by atoms with E-state index in [9.17, 15) is 0 Å². The van der Waals surface area contributed by atoms with Crippen molar-refractivity contribution in [1.29, 1.82) is 0 Å². The van der Waals surface area contributed by atoms with Crippen molar-refractivity contribution >= 4 is 96.6 Å². The van der Waals surface area contributed by atoms with Gasteiger partial charge in [-0.3, -0.25) is 4.99 Å². The minimum atomic E-state index is 0.404. The first-order valence-electron chi connectivity index (χ1n) is 22.1. The Hall–Kier alpha value is -8.60. The Morgan fingerprint density at radius 1 is 0.561 bits per heavy atom. The summed E-state index contributed by atoms with van der Waals surface area (Å²) in [6.45, 7) is 18.8. The molecule has 0 unspecified atom stereocenters. The predicted octanol–water partition coefficient (Wildman–Crippen LogP) is 14.3. The first kappa shape index (κ1) is 41.4. The fourth-order valence-corrected chi connectivity index (χ4v) is 9.41. The van der Waals surface area contributed by atoms with Crippen molar-refractivity contribution in [3.63, 3.8) is 0 Å². The molecule has 4 nitrogen and oxygen atoms in total. The van der Waals surface area contributed by atoms with Gasteiger partial charge in [0.2, 0.25) is 0 Å². The van der Waals surface area contributed by atoms with Crippen LogP contribution < -0.4 is 10.6 Å². The second-order valence-electron chi connectivity index (χ2n) is 16.2. The summed E-state index contributed by atoms with van der Waals surface area (Å²) in [4.78, 5) is 20.3. The number of allylic oxidation sites excluding steroid dienone is 1. The van der Waals surface area contributed by atoms with E-state index in [2.05, 4.69) is 202 Å². The number of aliphatic imine (C=N–C) groups is 3. The minimum Gasteiger partial charge on any atom is -0.261 e.